The van der Waals surface area contributed by atoms with Crippen LogP contribution in [0.25, 0.3) is 6.08 Å². The lowest BCUT2D eigenvalue weighted by atomic mass is 10.2. The van der Waals surface area contributed by atoms with Gasteiger partial charge in [-0.1, -0.05) is 35.5 Å². The van der Waals surface area contributed by atoms with Gasteiger partial charge >= 0.3 is 0 Å². The smallest absolute Gasteiger partial charge is 0.261 e. The molecule has 0 saturated carbocycles. The van der Waals surface area contributed by atoms with Crippen LogP contribution in [0.5, 0.6) is 0 Å². The number of benzene rings is 1. The van der Waals surface area contributed by atoms with Gasteiger partial charge in [-0.25, -0.2) is 10.1 Å². The van der Waals surface area contributed by atoms with Gasteiger partial charge in [0, 0.05) is 11.9 Å². The predicted molar refractivity (Wildman–Crippen MR) is 103 cm³/mol. The van der Waals surface area contributed by atoms with Crippen molar-refractivity contribution in [2.45, 2.75) is 26.9 Å². The first-order chi connectivity index (χ1) is 13.1. The Labute approximate surface area is 157 Å². The molecule has 1 N–H and O–H groups in total. The number of nitrogens with zero attached hydrogens (tertiary/aromatic N) is 6. The summed E-state index contributed by atoms with van der Waals surface area (Å²) in [5, 5.41) is 16.3. The molecule has 0 aliphatic heterocycles. The van der Waals surface area contributed by atoms with Gasteiger partial charge in [-0.2, -0.15) is 10.2 Å². The number of aromatic nitrogens is 5. The Balaban J connectivity index is 1.46. The van der Waals surface area contributed by atoms with E-state index in [-0.39, 0.29) is 12.5 Å². The maximum atomic E-state index is 11.8. The summed E-state index contributed by atoms with van der Waals surface area (Å²) in [5.74, 6) is -0.236. The number of hydrogen-bond donors (Lipinski definition) is 1. The molecule has 8 nitrogen and oxygen atoms in total. The molecule has 27 heavy (non-hydrogen) atoms. The monoisotopic (exact) mass is 363 g/mol. The molecule has 0 bridgehead atoms. The summed E-state index contributed by atoms with van der Waals surface area (Å²) in [6.45, 7) is 4.59. The van der Waals surface area contributed by atoms with Crippen molar-refractivity contribution in [3.63, 3.8) is 0 Å². The van der Waals surface area contributed by atoms with Crippen molar-refractivity contribution in [2.75, 3.05) is 0 Å². The zero-order valence-corrected chi connectivity index (χ0v) is 15.3. The summed E-state index contributed by atoms with van der Waals surface area (Å²) >= 11 is 0. The first-order valence-corrected chi connectivity index (χ1v) is 8.54. The lowest BCUT2D eigenvalue weighted by Crippen LogP contribution is -2.24. The van der Waals surface area contributed by atoms with Crippen LogP contribution >= 0.6 is 0 Å². The number of hydrazone groups is 1. The van der Waals surface area contributed by atoms with Crippen LogP contribution in [0.1, 0.15) is 22.6 Å². The molecule has 0 aliphatic carbocycles. The molecule has 0 radical (unpaired) electrons. The third-order valence-corrected chi connectivity index (χ3v) is 3.76. The van der Waals surface area contributed by atoms with Crippen molar-refractivity contribution in [3.05, 3.63) is 71.3 Å². The van der Waals surface area contributed by atoms with Gasteiger partial charge < -0.3 is 0 Å². The zero-order valence-electron chi connectivity index (χ0n) is 15.3. The third kappa shape index (κ3) is 5.46. The van der Waals surface area contributed by atoms with E-state index in [0.717, 1.165) is 17.0 Å². The maximum Gasteiger partial charge on any atom is 0.261 e. The van der Waals surface area contributed by atoms with Crippen LogP contribution in [0, 0.1) is 13.8 Å². The highest BCUT2D eigenvalue weighted by Crippen LogP contribution is 2.03. The summed E-state index contributed by atoms with van der Waals surface area (Å²) in [7, 11) is 0. The average Bonchev–Trinajstić information content (AvgIpc) is 3.21. The number of amides is 1. The molecular weight excluding hydrogens is 342 g/mol. The number of nitrogens with one attached hydrogen (secondary N) is 1. The number of rotatable bonds is 7. The number of carbonyl (C=O) groups is 1. The average molecular weight is 363 g/mol. The van der Waals surface area contributed by atoms with Crippen molar-refractivity contribution >= 4 is 18.2 Å². The van der Waals surface area contributed by atoms with Gasteiger partial charge in [-0.15, -0.1) is 5.10 Å². The van der Waals surface area contributed by atoms with Crippen LogP contribution in [0.3, 0.4) is 0 Å². The van der Waals surface area contributed by atoms with Crippen LogP contribution in [-0.2, 0) is 17.9 Å². The second-order valence-electron chi connectivity index (χ2n) is 6.08. The van der Waals surface area contributed by atoms with Crippen molar-refractivity contribution in [3.8, 4) is 0 Å². The molecule has 1 aromatic carbocycles. The number of aryl methyl sites for hydroxylation is 2. The quantitative estimate of drug-likeness (QED) is 0.513. The van der Waals surface area contributed by atoms with Crippen molar-refractivity contribution in [1.29, 1.82) is 0 Å². The van der Waals surface area contributed by atoms with Crippen molar-refractivity contribution < 1.29 is 4.79 Å². The minimum absolute atomic E-state index is 0.133. The van der Waals surface area contributed by atoms with E-state index in [0.29, 0.717) is 12.2 Å². The van der Waals surface area contributed by atoms with Gasteiger partial charge in [0.25, 0.3) is 5.91 Å². The van der Waals surface area contributed by atoms with Gasteiger partial charge in [0.05, 0.1) is 18.4 Å². The zero-order chi connectivity index (χ0) is 19.1. The highest BCUT2D eigenvalue weighted by Gasteiger charge is 2.05. The molecule has 8 heteroatoms. The van der Waals surface area contributed by atoms with Gasteiger partial charge in [0.2, 0.25) is 0 Å². The lowest BCUT2D eigenvalue weighted by molar-refractivity contribution is -0.121. The minimum atomic E-state index is -0.236. The highest BCUT2D eigenvalue weighted by molar-refractivity contribution is 5.80. The van der Waals surface area contributed by atoms with Crippen molar-refractivity contribution in [2.24, 2.45) is 5.10 Å². The van der Waals surface area contributed by atoms with Crippen LogP contribution in [0.15, 0.2) is 53.8 Å². The molecule has 3 rings (SSSR count). The normalized spacial score (nSPS) is 11.5. The maximum absolute atomic E-state index is 11.8. The molecule has 138 valence electrons. The molecule has 2 aromatic heterocycles. The summed E-state index contributed by atoms with van der Waals surface area (Å²) in [6.07, 6.45) is 6.81. The molecule has 2 heterocycles. The van der Waals surface area contributed by atoms with E-state index in [1.807, 2.05) is 56.4 Å². The van der Waals surface area contributed by atoms with Gasteiger partial charge in [0.1, 0.15) is 12.2 Å². The first kappa shape index (κ1) is 18.2. The predicted octanol–water partition coefficient (Wildman–Crippen LogP) is 1.96. The topological polar surface area (TPSA) is 90.0 Å². The fraction of sp³-hybridized carbons (Fsp3) is 0.211. The number of allylic oxidation sites excluding steroid dienone is 1. The minimum Gasteiger partial charge on any atom is -0.271 e. The molecule has 1 amide bonds. The van der Waals surface area contributed by atoms with E-state index < -0.39 is 0 Å². The molecule has 0 unspecified atom stereocenters. The van der Waals surface area contributed by atoms with E-state index in [2.05, 4.69) is 25.9 Å². The summed E-state index contributed by atoms with van der Waals surface area (Å²) in [6, 6.07) is 12.0. The molecule has 0 saturated heterocycles. The van der Waals surface area contributed by atoms with Crippen LogP contribution in [0.2, 0.25) is 0 Å². The molecule has 3 aromatic rings. The van der Waals surface area contributed by atoms with Crippen molar-refractivity contribution in [1.82, 2.24) is 30.2 Å². The molecule has 0 spiro atoms. The molecule has 0 aliphatic rings. The Bertz CT molecular complexity index is 954. The first-order valence-electron chi connectivity index (χ1n) is 8.54. The Kier molecular flexibility index (Phi) is 5.88. The SMILES string of the molecule is Cc1cc(C)n(CC(=O)N/N=C\C=C\c2cn(Cc3ccccc3)nn2)n1. The second kappa shape index (κ2) is 8.70. The van der Waals surface area contributed by atoms with Gasteiger partial charge in [-0.3, -0.25) is 9.48 Å². The molecule has 0 atom stereocenters. The Morgan fingerprint density at radius 1 is 1.26 bits per heavy atom. The van der Waals surface area contributed by atoms with E-state index in [9.17, 15) is 4.79 Å². The molecular formula is C19H21N7O. The van der Waals surface area contributed by atoms with E-state index in [4.69, 9.17) is 0 Å². The van der Waals surface area contributed by atoms with Crippen LogP contribution in [0.4, 0.5) is 0 Å². The Morgan fingerprint density at radius 3 is 2.81 bits per heavy atom. The van der Waals surface area contributed by atoms with E-state index in [1.165, 1.54) is 6.21 Å². The van der Waals surface area contributed by atoms with E-state index >= 15 is 0 Å². The third-order valence-electron chi connectivity index (χ3n) is 3.76. The fourth-order valence-electron chi connectivity index (χ4n) is 2.54. The second-order valence-corrected chi connectivity index (χ2v) is 6.08. The van der Waals surface area contributed by atoms with E-state index in [1.54, 1.807) is 21.5 Å². The number of hydrogen-bond acceptors (Lipinski definition) is 5. The molecule has 0 fully saturated rings. The Morgan fingerprint density at radius 2 is 2.07 bits per heavy atom. The van der Waals surface area contributed by atoms with Gasteiger partial charge in [0.15, 0.2) is 0 Å². The number of carbonyl (C=O) groups excluding carboxylic acids is 1. The highest BCUT2D eigenvalue weighted by atomic mass is 16.2. The summed E-state index contributed by atoms with van der Waals surface area (Å²) in [4.78, 5) is 11.8. The lowest BCUT2D eigenvalue weighted by Gasteiger charge is -2.02. The van der Waals surface area contributed by atoms with Gasteiger partial charge in [-0.05, 0) is 37.6 Å². The van der Waals surface area contributed by atoms with Crippen LogP contribution in [-0.4, -0.2) is 36.9 Å². The fourth-order valence-corrected chi connectivity index (χ4v) is 2.54. The summed E-state index contributed by atoms with van der Waals surface area (Å²) in [5.41, 5.74) is 6.16. The largest absolute Gasteiger partial charge is 0.271 e. The Hall–Kier alpha value is -3.55. The summed E-state index contributed by atoms with van der Waals surface area (Å²) < 4.78 is 3.41. The van der Waals surface area contributed by atoms with Crippen LogP contribution < -0.4 is 5.43 Å². The standard InChI is InChI=1S/C19H21N7O/c1-15-11-16(2)26(23-15)14-19(27)22-20-10-6-9-18-13-25(24-21-18)12-17-7-4-3-5-8-17/h3-11,13H,12,14H2,1-2H3,(H,22,27)/b9-6+,20-10-.